The number of benzene rings is 3. The van der Waals surface area contributed by atoms with Crippen LogP contribution in [0.25, 0.3) is 0 Å². The Kier molecular flexibility index (Phi) is 12.9. The highest BCUT2D eigenvalue weighted by molar-refractivity contribution is 9.10. The second-order valence-corrected chi connectivity index (χ2v) is 12.9. The highest BCUT2D eigenvalue weighted by Crippen LogP contribution is 2.30. The molecule has 2 amide bonds. The molecule has 42 heavy (non-hydrogen) atoms. The topological polar surface area (TPSA) is 96.0 Å². The van der Waals surface area contributed by atoms with Gasteiger partial charge in [-0.05, 0) is 48.2 Å². The predicted octanol–water partition coefficient (Wildman–Crippen LogP) is 5.56. The van der Waals surface area contributed by atoms with E-state index < -0.39 is 16.1 Å². The quantitative estimate of drug-likeness (QED) is 0.204. The van der Waals surface area contributed by atoms with Crippen molar-refractivity contribution in [2.24, 2.45) is 0 Å². The highest BCUT2D eigenvalue weighted by atomic mass is 79.9. The summed E-state index contributed by atoms with van der Waals surface area (Å²) in [7, 11) is -2.16. The normalized spacial score (nSPS) is 11.9. The lowest BCUT2D eigenvalue weighted by atomic mass is 10.0. The number of carbonyl (C=O) groups is 2. The number of amides is 2. The van der Waals surface area contributed by atoms with Crippen LogP contribution in [0.3, 0.4) is 0 Å². The SMILES string of the molecule is CCCCNC(=O)[C@H](Cc1ccccc1)N(Cc1cccc(Br)c1)C(=O)CCCN(c1ccccc1OC)S(C)(=O)=O. The third-order valence-corrected chi connectivity index (χ3v) is 8.52. The molecule has 0 fully saturated rings. The maximum atomic E-state index is 13.9. The van der Waals surface area contributed by atoms with E-state index in [1.165, 1.54) is 11.4 Å². The average molecular weight is 659 g/mol. The number of halogens is 1. The number of sulfonamides is 1. The highest BCUT2D eigenvalue weighted by Gasteiger charge is 2.30. The Balaban J connectivity index is 1.89. The number of hydrogen-bond acceptors (Lipinski definition) is 5. The summed E-state index contributed by atoms with van der Waals surface area (Å²) in [4.78, 5) is 29.1. The molecule has 0 saturated carbocycles. The van der Waals surface area contributed by atoms with Crippen molar-refractivity contribution in [2.45, 2.75) is 51.6 Å². The van der Waals surface area contributed by atoms with Gasteiger partial charge in [-0.3, -0.25) is 13.9 Å². The molecule has 1 N–H and O–H groups in total. The first-order chi connectivity index (χ1) is 20.1. The van der Waals surface area contributed by atoms with Gasteiger partial charge in [0.05, 0.1) is 19.1 Å². The van der Waals surface area contributed by atoms with Gasteiger partial charge in [-0.2, -0.15) is 0 Å². The maximum Gasteiger partial charge on any atom is 0.243 e. The van der Waals surface area contributed by atoms with Crippen LogP contribution in [0.2, 0.25) is 0 Å². The van der Waals surface area contributed by atoms with Crippen molar-refractivity contribution in [3.63, 3.8) is 0 Å². The third kappa shape index (κ3) is 9.87. The number of ether oxygens (including phenoxy) is 1. The van der Waals surface area contributed by atoms with Gasteiger partial charge in [-0.1, -0.05) is 83.9 Å². The van der Waals surface area contributed by atoms with Crippen molar-refractivity contribution < 1.29 is 22.7 Å². The monoisotopic (exact) mass is 657 g/mol. The fourth-order valence-corrected chi connectivity index (χ4v) is 6.13. The van der Waals surface area contributed by atoms with Crippen molar-refractivity contribution in [2.75, 3.05) is 30.8 Å². The van der Waals surface area contributed by atoms with Gasteiger partial charge in [0.1, 0.15) is 11.8 Å². The third-order valence-electron chi connectivity index (χ3n) is 6.85. The van der Waals surface area contributed by atoms with Gasteiger partial charge in [0, 0.05) is 36.9 Å². The van der Waals surface area contributed by atoms with Crippen LogP contribution in [0.4, 0.5) is 5.69 Å². The fraction of sp³-hybridized carbons (Fsp3) is 0.375. The molecule has 1 atom stereocenters. The van der Waals surface area contributed by atoms with Crippen LogP contribution in [0, 0.1) is 0 Å². The first-order valence-corrected chi connectivity index (χ1v) is 16.7. The Morgan fingerprint density at radius 1 is 0.952 bits per heavy atom. The van der Waals surface area contributed by atoms with E-state index in [0.717, 1.165) is 34.7 Å². The number of hydrogen-bond donors (Lipinski definition) is 1. The molecular weight excluding hydrogens is 618 g/mol. The molecule has 3 aromatic rings. The van der Waals surface area contributed by atoms with Crippen molar-refractivity contribution in [3.8, 4) is 5.75 Å². The first kappa shape index (κ1) is 33.1. The zero-order chi connectivity index (χ0) is 30.5. The van der Waals surface area contributed by atoms with Crippen LogP contribution in [0.15, 0.2) is 83.3 Å². The molecule has 0 aliphatic rings. The number of methoxy groups -OCH3 is 1. The molecule has 226 valence electrons. The minimum absolute atomic E-state index is 0.0582. The van der Waals surface area contributed by atoms with Gasteiger partial charge in [0.25, 0.3) is 0 Å². The molecular formula is C32H40BrN3O5S. The largest absolute Gasteiger partial charge is 0.495 e. The predicted molar refractivity (Wildman–Crippen MR) is 171 cm³/mol. The summed E-state index contributed by atoms with van der Waals surface area (Å²) in [6.07, 6.45) is 3.59. The smallest absolute Gasteiger partial charge is 0.243 e. The van der Waals surface area contributed by atoms with Crippen molar-refractivity contribution in [1.29, 1.82) is 0 Å². The van der Waals surface area contributed by atoms with Gasteiger partial charge in [0.2, 0.25) is 21.8 Å². The average Bonchev–Trinajstić information content (AvgIpc) is 2.97. The Bertz CT molecular complexity index is 1420. The van der Waals surface area contributed by atoms with Crippen LogP contribution in [-0.2, 0) is 32.6 Å². The molecule has 0 aromatic heterocycles. The summed E-state index contributed by atoms with van der Waals surface area (Å²) >= 11 is 3.51. The molecule has 0 bridgehead atoms. The number of anilines is 1. The Morgan fingerprint density at radius 3 is 2.31 bits per heavy atom. The van der Waals surface area contributed by atoms with Crippen LogP contribution in [0.1, 0.15) is 43.7 Å². The summed E-state index contributed by atoms with van der Waals surface area (Å²) in [6, 6.07) is 23.5. The summed E-state index contributed by atoms with van der Waals surface area (Å²) in [6.45, 7) is 2.91. The Labute approximate surface area is 258 Å². The standard InChI is InChI=1S/C32H40BrN3O5S/c1-4-5-20-34-32(38)29(23-25-13-7-6-8-14-25)35(24-26-15-11-16-27(33)22-26)31(37)19-12-21-36(42(3,39)40)28-17-9-10-18-30(28)41-2/h6-11,13-18,22,29H,4-5,12,19-21,23-24H2,1-3H3,(H,34,38)/t29-/m0/s1. The molecule has 0 unspecified atom stereocenters. The second kappa shape index (κ2) is 16.3. The molecule has 0 heterocycles. The van der Waals surface area contributed by atoms with Gasteiger partial charge < -0.3 is 15.0 Å². The van der Waals surface area contributed by atoms with E-state index in [-0.39, 0.29) is 37.7 Å². The van der Waals surface area contributed by atoms with Gasteiger partial charge >= 0.3 is 0 Å². The van der Waals surface area contributed by atoms with Gasteiger partial charge in [-0.15, -0.1) is 0 Å². The second-order valence-electron chi connectivity index (χ2n) is 10.1. The summed E-state index contributed by atoms with van der Waals surface area (Å²) in [5.74, 6) is -0.00494. The molecule has 0 spiro atoms. The van der Waals surface area contributed by atoms with Crippen molar-refractivity contribution in [1.82, 2.24) is 10.2 Å². The molecule has 8 nitrogen and oxygen atoms in total. The molecule has 0 aliphatic heterocycles. The lowest BCUT2D eigenvalue weighted by Crippen LogP contribution is -2.50. The number of nitrogens with zero attached hydrogens (tertiary/aromatic N) is 2. The molecule has 0 saturated heterocycles. The number of rotatable bonds is 16. The van der Waals surface area contributed by atoms with E-state index in [1.54, 1.807) is 29.2 Å². The van der Waals surface area contributed by atoms with Crippen LogP contribution >= 0.6 is 15.9 Å². The van der Waals surface area contributed by atoms with Gasteiger partial charge in [0.15, 0.2) is 0 Å². The molecule has 10 heteroatoms. The summed E-state index contributed by atoms with van der Waals surface area (Å²) in [5, 5.41) is 3.02. The lowest BCUT2D eigenvalue weighted by Gasteiger charge is -2.32. The Morgan fingerprint density at radius 2 is 1.64 bits per heavy atom. The number of unbranched alkanes of at least 4 members (excludes halogenated alkanes) is 1. The molecule has 3 aromatic carbocycles. The van der Waals surface area contributed by atoms with E-state index in [4.69, 9.17) is 4.74 Å². The van der Waals surface area contributed by atoms with E-state index in [9.17, 15) is 18.0 Å². The molecule has 0 aliphatic carbocycles. The van der Waals surface area contributed by atoms with Crippen molar-refractivity contribution >= 4 is 43.5 Å². The minimum atomic E-state index is -3.65. The van der Waals surface area contributed by atoms with E-state index in [1.807, 2.05) is 54.6 Å². The minimum Gasteiger partial charge on any atom is -0.495 e. The number of para-hydroxylation sites is 2. The number of carbonyl (C=O) groups excluding carboxylic acids is 2. The molecule has 3 rings (SSSR count). The van der Waals surface area contributed by atoms with E-state index in [2.05, 4.69) is 28.2 Å². The first-order valence-electron chi connectivity index (χ1n) is 14.1. The van der Waals surface area contributed by atoms with Crippen molar-refractivity contribution in [3.05, 3.63) is 94.5 Å². The fourth-order valence-electron chi connectivity index (χ4n) is 4.71. The van der Waals surface area contributed by atoms with E-state index in [0.29, 0.717) is 24.4 Å². The summed E-state index contributed by atoms with van der Waals surface area (Å²) < 4.78 is 33.0. The van der Waals surface area contributed by atoms with Crippen LogP contribution < -0.4 is 14.4 Å². The molecule has 0 radical (unpaired) electrons. The summed E-state index contributed by atoms with van der Waals surface area (Å²) in [5.41, 5.74) is 2.24. The Hall–Kier alpha value is -3.37. The number of nitrogens with one attached hydrogen (secondary N) is 1. The van der Waals surface area contributed by atoms with Gasteiger partial charge in [-0.25, -0.2) is 8.42 Å². The lowest BCUT2D eigenvalue weighted by molar-refractivity contribution is -0.141. The zero-order valence-corrected chi connectivity index (χ0v) is 26.9. The van der Waals surface area contributed by atoms with E-state index >= 15 is 0 Å². The van der Waals surface area contributed by atoms with Crippen LogP contribution in [0.5, 0.6) is 5.75 Å². The maximum absolute atomic E-state index is 13.9. The zero-order valence-electron chi connectivity index (χ0n) is 24.5. The van der Waals surface area contributed by atoms with Crippen LogP contribution in [-0.4, -0.2) is 57.6 Å².